The van der Waals surface area contributed by atoms with E-state index >= 15 is 0 Å². The first-order valence-corrected chi connectivity index (χ1v) is 8.45. The highest BCUT2D eigenvalue weighted by molar-refractivity contribution is 9.10. The van der Waals surface area contributed by atoms with E-state index in [0.717, 1.165) is 33.9 Å². The van der Waals surface area contributed by atoms with Crippen molar-refractivity contribution >= 4 is 32.6 Å². The van der Waals surface area contributed by atoms with Gasteiger partial charge in [0.05, 0.1) is 0 Å². The first kappa shape index (κ1) is 14.6. The van der Waals surface area contributed by atoms with E-state index in [1.807, 2.05) is 29.2 Å². The van der Waals surface area contributed by atoms with Crippen LogP contribution in [-0.4, -0.2) is 23.9 Å². The SMILES string of the molecule is CCN(CC1CCC1)C(=O)c1ccc2cc(Br)ccc2c1. The van der Waals surface area contributed by atoms with Gasteiger partial charge in [0, 0.05) is 23.1 Å². The van der Waals surface area contributed by atoms with Crippen molar-refractivity contribution < 1.29 is 4.79 Å². The van der Waals surface area contributed by atoms with Crippen molar-refractivity contribution in [3.63, 3.8) is 0 Å². The first-order chi connectivity index (χ1) is 10.2. The molecule has 3 heteroatoms. The highest BCUT2D eigenvalue weighted by Gasteiger charge is 2.23. The normalized spacial score (nSPS) is 15.0. The van der Waals surface area contributed by atoms with Crippen LogP contribution in [0.1, 0.15) is 36.5 Å². The molecule has 2 nitrogen and oxygen atoms in total. The number of carbonyl (C=O) groups excluding carboxylic acids is 1. The van der Waals surface area contributed by atoms with Gasteiger partial charge in [0.15, 0.2) is 0 Å². The standard InChI is InChI=1S/C18H20BrNO/c1-2-20(12-13-4-3-5-13)18(21)16-7-6-15-11-17(19)9-8-14(15)10-16/h6-11,13H,2-5,12H2,1H3. The summed E-state index contributed by atoms with van der Waals surface area (Å²) in [6.07, 6.45) is 3.87. The van der Waals surface area contributed by atoms with Crippen molar-refractivity contribution in [3.05, 3.63) is 46.4 Å². The molecule has 0 saturated heterocycles. The van der Waals surface area contributed by atoms with E-state index in [2.05, 4.69) is 35.0 Å². The molecule has 0 heterocycles. The Balaban J connectivity index is 1.83. The third-order valence-electron chi connectivity index (χ3n) is 4.42. The van der Waals surface area contributed by atoms with Crippen molar-refractivity contribution in [1.82, 2.24) is 4.90 Å². The molecule has 1 fully saturated rings. The molecular weight excluding hydrogens is 326 g/mol. The van der Waals surface area contributed by atoms with Crippen molar-refractivity contribution in [2.24, 2.45) is 5.92 Å². The molecule has 0 bridgehead atoms. The Hall–Kier alpha value is -1.35. The summed E-state index contributed by atoms with van der Waals surface area (Å²) in [7, 11) is 0. The second-order valence-electron chi connectivity index (χ2n) is 5.85. The minimum Gasteiger partial charge on any atom is -0.339 e. The van der Waals surface area contributed by atoms with Gasteiger partial charge in [-0.15, -0.1) is 0 Å². The molecule has 0 aliphatic heterocycles. The molecule has 1 amide bonds. The molecule has 110 valence electrons. The first-order valence-electron chi connectivity index (χ1n) is 7.66. The average molecular weight is 346 g/mol. The fraction of sp³-hybridized carbons (Fsp3) is 0.389. The highest BCUT2D eigenvalue weighted by Crippen LogP contribution is 2.28. The minimum absolute atomic E-state index is 0.161. The molecule has 0 spiro atoms. The molecule has 0 radical (unpaired) electrons. The number of hydrogen-bond acceptors (Lipinski definition) is 1. The largest absolute Gasteiger partial charge is 0.339 e. The molecule has 0 aromatic heterocycles. The fourth-order valence-electron chi connectivity index (χ4n) is 2.87. The van der Waals surface area contributed by atoms with E-state index < -0.39 is 0 Å². The molecule has 0 N–H and O–H groups in total. The van der Waals surface area contributed by atoms with Gasteiger partial charge in [-0.1, -0.05) is 34.5 Å². The maximum Gasteiger partial charge on any atom is 0.253 e. The van der Waals surface area contributed by atoms with E-state index in [0.29, 0.717) is 5.92 Å². The van der Waals surface area contributed by atoms with Gasteiger partial charge in [-0.05, 0) is 60.7 Å². The van der Waals surface area contributed by atoms with Gasteiger partial charge in [-0.2, -0.15) is 0 Å². The van der Waals surface area contributed by atoms with Crippen LogP contribution < -0.4 is 0 Å². The molecular formula is C18H20BrNO. The van der Waals surface area contributed by atoms with Crippen molar-refractivity contribution in [1.29, 1.82) is 0 Å². The number of rotatable bonds is 4. The van der Waals surface area contributed by atoms with Crippen LogP contribution in [0.4, 0.5) is 0 Å². The monoisotopic (exact) mass is 345 g/mol. The van der Waals surface area contributed by atoms with E-state index in [4.69, 9.17) is 0 Å². The smallest absolute Gasteiger partial charge is 0.253 e. The summed E-state index contributed by atoms with van der Waals surface area (Å²) >= 11 is 3.48. The Morgan fingerprint density at radius 3 is 2.57 bits per heavy atom. The average Bonchev–Trinajstić information content (AvgIpc) is 2.45. The van der Waals surface area contributed by atoms with Crippen molar-refractivity contribution in [2.75, 3.05) is 13.1 Å². The quantitative estimate of drug-likeness (QED) is 0.774. The van der Waals surface area contributed by atoms with Gasteiger partial charge < -0.3 is 4.90 Å². The lowest BCUT2D eigenvalue weighted by atomic mass is 9.85. The zero-order valence-corrected chi connectivity index (χ0v) is 13.9. The van der Waals surface area contributed by atoms with E-state index in [1.54, 1.807) is 0 Å². The summed E-state index contributed by atoms with van der Waals surface area (Å²) in [4.78, 5) is 14.7. The Morgan fingerprint density at radius 1 is 1.19 bits per heavy atom. The minimum atomic E-state index is 0.161. The van der Waals surface area contributed by atoms with Gasteiger partial charge in [-0.3, -0.25) is 4.79 Å². The van der Waals surface area contributed by atoms with Gasteiger partial charge in [0.2, 0.25) is 0 Å². The molecule has 21 heavy (non-hydrogen) atoms. The summed E-state index contributed by atoms with van der Waals surface area (Å²) in [6.45, 7) is 3.76. The molecule has 3 rings (SSSR count). The highest BCUT2D eigenvalue weighted by atomic mass is 79.9. The molecule has 1 saturated carbocycles. The number of benzene rings is 2. The fourth-order valence-corrected chi connectivity index (χ4v) is 3.25. The van der Waals surface area contributed by atoms with Crippen LogP contribution in [0.15, 0.2) is 40.9 Å². The zero-order valence-electron chi connectivity index (χ0n) is 12.3. The maximum absolute atomic E-state index is 12.7. The summed E-state index contributed by atoms with van der Waals surface area (Å²) in [5.74, 6) is 0.875. The third kappa shape index (κ3) is 3.13. The number of halogens is 1. The van der Waals surface area contributed by atoms with Crippen molar-refractivity contribution in [3.8, 4) is 0 Å². The second-order valence-corrected chi connectivity index (χ2v) is 6.76. The van der Waals surface area contributed by atoms with E-state index in [9.17, 15) is 4.79 Å². The molecule has 0 unspecified atom stereocenters. The van der Waals surface area contributed by atoms with Crippen LogP contribution in [-0.2, 0) is 0 Å². The lowest BCUT2D eigenvalue weighted by molar-refractivity contribution is 0.0706. The summed E-state index contributed by atoms with van der Waals surface area (Å²) in [5.41, 5.74) is 0.797. The van der Waals surface area contributed by atoms with Crippen LogP contribution in [0.25, 0.3) is 10.8 Å². The Labute approximate surface area is 134 Å². The van der Waals surface area contributed by atoms with Gasteiger partial charge in [-0.25, -0.2) is 0 Å². The zero-order chi connectivity index (χ0) is 14.8. The summed E-state index contributed by atoms with van der Waals surface area (Å²) < 4.78 is 1.06. The second kappa shape index (κ2) is 6.18. The number of fused-ring (bicyclic) bond motifs is 1. The maximum atomic E-state index is 12.7. The number of nitrogens with zero attached hydrogens (tertiary/aromatic N) is 1. The number of amides is 1. The molecule has 1 aliphatic carbocycles. The Morgan fingerprint density at radius 2 is 1.90 bits per heavy atom. The van der Waals surface area contributed by atoms with Crippen LogP contribution in [0, 0.1) is 5.92 Å². The van der Waals surface area contributed by atoms with Crippen molar-refractivity contribution in [2.45, 2.75) is 26.2 Å². The lowest BCUT2D eigenvalue weighted by Gasteiger charge is -2.31. The summed E-state index contributed by atoms with van der Waals surface area (Å²) in [6, 6.07) is 12.1. The predicted octanol–water partition coefficient (Wildman–Crippen LogP) is 4.86. The Bertz CT molecular complexity index is 663. The summed E-state index contributed by atoms with van der Waals surface area (Å²) in [5, 5.41) is 2.27. The molecule has 0 atom stereocenters. The molecule has 1 aliphatic rings. The molecule has 2 aromatic rings. The number of carbonyl (C=O) groups is 1. The van der Waals surface area contributed by atoms with Crippen LogP contribution >= 0.6 is 15.9 Å². The van der Waals surface area contributed by atoms with Crippen LogP contribution in [0.5, 0.6) is 0 Å². The lowest BCUT2D eigenvalue weighted by Crippen LogP contribution is -2.37. The van der Waals surface area contributed by atoms with Gasteiger partial charge >= 0.3 is 0 Å². The van der Waals surface area contributed by atoms with E-state index in [-0.39, 0.29) is 5.91 Å². The van der Waals surface area contributed by atoms with Gasteiger partial charge in [0.25, 0.3) is 5.91 Å². The Kier molecular flexibility index (Phi) is 4.29. The predicted molar refractivity (Wildman–Crippen MR) is 90.6 cm³/mol. The molecule has 2 aromatic carbocycles. The third-order valence-corrected chi connectivity index (χ3v) is 4.91. The van der Waals surface area contributed by atoms with Gasteiger partial charge in [0.1, 0.15) is 0 Å². The topological polar surface area (TPSA) is 20.3 Å². The number of hydrogen-bond donors (Lipinski definition) is 0. The van der Waals surface area contributed by atoms with E-state index in [1.165, 1.54) is 19.3 Å². The van der Waals surface area contributed by atoms with Crippen LogP contribution in [0.2, 0.25) is 0 Å². The van der Waals surface area contributed by atoms with Crippen LogP contribution in [0.3, 0.4) is 0 Å².